The normalized spacial score (nSPS) is 14.4. The van der Waals surface area contributed by atoms with Gasteiger partial charge in [-0.3, -0.25) is 0 Å². The zero-order chi connectivity index (χ0) is 9.40. The van der Waals surface area contributed by atoms with Gasteiger partial charge in [-0.15, -0.1) is 6.58 Å². The third-order valence-corrected chi connectivity index (χ3v) is 2.34. The molecular formula is C12H22. The Bertz CT molecular complexity index is 142. The number of hydrogen-bond acceptors (Lipinski definition) is 0. The maximum atomic E-state index is 3.75. The topological polar surface area (TPSA) is 0 Å². The molecule has 0 aliphatic carbocycles. The molecule has 0 aliphatic heterocycles. The summed E-state index contributed by atoms with van der Waals surface area (Å²) >= 11 is 0. The van der Waals surface area contributed by atoms with Gasteiger partial charge < -0.3 is 0 Å². The van der Waals surface area contributed by atoms with Gasteiger partial charge in [0, 0.05) is 0 Å². The third kappa shape index (κ3) is 5.17. The zero-order valence-electron chi connectivity index (χ0n) is 8.77. The van der Waals surface area contributed by atoms with Crippen molar-refractivity contribution in [3.63, 3.8) is 0 Å². The molecule has 0 saturated carbocycles. The van der Waals surface area contributed by atoms with Crippen molar-refractivity contribution in [2.45, 2.75) is 46.5 Å². The molecule has 0 rings (SSSR count). The zero-order valence-corrected chi connectivity index (χ0v) is 8.77. The molecule has 0 heteroatoms. The van der Waals surface area contributed by atoms with Crippen LogP contribution in [-0.4, -0.2) is 0 Å². The summed E-state index contributed by atoms with van der Waals surface area (Å²) in [4.78, 5) is 0. The first-order chi connectivity index (χ1) is 5.74. The van der Waals surface area contributed by atoms with Crippen molar-refractivity contribution in [3.8, 4) is 0 Å². The highest BCUT2D eigenvalue weighted by Gasteiger charge is 2.00. The van der Waals surface area contributed by atoms with Crippen LogP contribution in [0.1, 0.15) is 46.5 Å². The van der Waals surface area contributed by atoms with Crippen molar-refractivity contribution in [1.29, 1.82) is 0 Å². The van der Waals surface area contributed by atoms with E-state index in [2.05, 4.69) is 33.4 Å². The molecule has 0 radical (unpaired) electrons. The molecule has 0 amide bonds. The van der Waals surface area contributed by atoms with Gasteiger partial charge in [0.15, 0.2) is 0 Å². The Balaban J connectivity index is 3.88. The van der Waals surface area contributed by atoms with Crippen molar-refractivity contribution < 1.29 is 0 Å². The minimum Gasteiger partial charge on any atom is -0.103 e. The molecule has 12 heavy (non-hydrogen) atoms. The van der Waals surface area contributed by atoms with Crippen LogP contribution in [0.5, 0.6) is 0 Å². The van der Waals surface area contributed by atoms with E-state index in [4.69, 9.17) is 0 Å². The Morgan fingerprint density at radius 1 is 1.42 bits per heavy atom. The lowest BCUT2D eigenvalue weighted by molar-refractivity contribution is 0.574. The summed E-state index contributed by atoms with van der Waals surface area (Å²) in [5.74, 6) is 0.767. The van der Waals surface area contributed by atoms with E-state index < -0.39 is 0 Å². The maximum absolute atomic E-state index is 3.75. The first-order valence-corrected chi connectivity index (χ1v) is 5.02. The minimum atomic E-state index is 0.767. The van der Waals surface area contributed by atoms with E-state index in [1.807, 2.05) is 6.08 Å². The molecular weight excluding hydrogens is 144 g/mol. The fourth-order valence-electron chi connectivity index (χ4n) is 1.26. The molecule has 1 unspecified atom stereocenters. The molecule has 70 valence electrons. The predicted octanol–water partition coefficient (Wildman–Crippen LogP) is 4.34. The Kier molecular flexibility index (Phi) is 6.84. The van der Waals surface area contributed by atoms with Crippen LogP contribution in [0, 0.1) is 5.92 Å². The third-order valence-electron chi connectivity index (χ3n) is 2.34. The second-order valence-electron chi connectivity index (χ2n) is 3.40. The average Bonchev–Trinajstić information content (AvgIpc) is 2.11. The van der Waals surface area contributed by atoms with Crippen LogP contribution < -0.4 is 0 Å². The molecule has 0 nitrogen and oxygen atoms in total. The molecule has 0 aromatic heterocycles. The van der Waals surface area contributed by atoms with Crippen molar-refractivity contribution >= 4 is 0 Å². The molecule has 0 fully saturated rings. The highest BCUT2D eigenvalue weighted by Crippen LogP contribution is 2.16. The van der Waals surface area contributed by atoms with Crippen LogP contribution in [0.15, 0.2) is 24.3 Å². The van der Waals surface area contributed by atoms with Crippen molar-refractivity contribution in [1.82, 2.24) is 0 Å². The van der Waals surface area contributed by atoms with Gasteiger partial charge in [0.25, 0.3) is 0 Å². The Morgan fingerprint density at radius 3 is 2.50 bits per heavy atom. The second kappa shape index (κ2) is 7.15. The van der Waals surface area contributed by atoms with Crippen molar-refractivity contribution in [3.05, 3.63) is 24.3 Å². The van der Waals surface area contributed by atoms with E-state index in [1.165, 1.54) is 24.8 Å². The van der Waals surface area contributed by atoms with E-state index in [-0.39, 0.29) is 0 Å². The van der Waals surface area contributed by atoms with E-state index in [0.29, 0.717) is 0 Å². The van der Waals surface area contributed by atoms with Crippen LogP contribution in [0.25, 0.3) is 0 Å². The van der Waals surface area contributed by atoms with Crippen LogP contribution in [0.4, 0.5) is 0 Å². The highest BCUT2D eigenvalue weighted by molar-refractivity contribution is 5.00. The molecule has 0 aromatic carbocycles. The summed E-state index contributed by atoms with van der Waals surface area (Å²) in [6, 6.07) is 0. The molecule has 1 atom stereocenters. The quantitative estimate of drug-likeness (QED) is 0.515. The number of rotatable bonds is 6. The van der Waals surface area contributed by atoms with Gasteiger partial charge in [0.2, 0.25) is 0 Å². The molecule has 0 N–H and O–H groups in total. The monoisotopic (exact) mass is 166 g/mol. The summed E-state index contributed by atoms with van der Waals surface area (Å²) in [5, 5.41) is 0. The SMILES string of the molecule is C=CCCC(/C=C(/C)CC)CC. The van der Waals surface area contributed by atoms with E-state index in [1.54, 1.807) is 0 Å². The summed E-state index contributed by atoms with van der Waals surface area (Å²) < 4.78 is 0. The van der Waals surface area contributed by atoms with Crippen LogP contribution >= 0.6 is 0 Å². The lowest BCUT2D eigenvalue weighted by Gasteiger charge is -2.09. The smallest absolute Gasteiger partial charge is 0.0231 e. The van der Waals surface area contributed by atoms with E-state index in [9.17, 15) is 0 Å². The lowest BCUT2D eigenvalue weighted by atomic mass is 9.97. The number of hydrogen-bond donors (Lipinski definition) is 0. The predicted molar refractivity (Wildman–Crippen MR) is 57.3 cm³/mol. The highest BCUT2D eigenvalue weighted by atomic mass is 14.1. The van der Waals surface area contributed by atoms with E-state index >= 15 is 0 Å². The maximum Gasteiger partial charge on any atom is -0.0231 e. The second-order valence-corrected chi connectivity index (χ2v) is 3.40. The molecule has 0 saturated heterocycles. The Labute approximate surface area is 77.4 Å². The van der Waals surface area contributed by atoms with Crippen molar-refractivity contribution in [2.75, 3.05) is 0 Å². The fraction of sp³-hybridized carbons (Fsp3) is 0.667. The van der Waals surface area contributed by atoms with Gasteiger partial charge in [-0.1, -0.05) is 31.6 Å². The molecule has 0 aliphatic rings. The Hall–Kier alpha value is -0.520. The van der Waals surface area contributed by atoms with Crippen molar-refractivity contribution in [2.24, 2.45) is 5.92 Å². The van der Waals surface area contributed by atoms with Gasteiger partial charge in [0.1, 0.15) is 0 Å². The van der Waals surface area contributed by atoms with Crippen LogP contribution in [-0.2, 0) is 0 Å². The van der Waals surface area contributed by atoms with Crippen LogP contribution in [0.3, 0.4) is 0 Å². The summed E-state index contributed by atoms with van der Waals surface area (Å²) in [6.07, 6.45) is 9.28. The standard InChI is InChI=1S/C12H22/c1-5-8-9-12(7-3)10-11(4)6-2/h5,10,12H,1,6-9H2,2-4H3/b11-10-. The van der Waals surface area contributed by atoms with Gasteiger partial charge in [-0.05, 0) is 38.5 Å². The molecule has 0 bridgehead atoms. The Morgan fingerprint density at radius 2 is 2.08 bits per heavy atom. The lowest BCUT2D eigenvalue weighted by Crippen LogP contribution is -1.94. The summed E-state index contributed by atoms with van der Waals surface area (Å²) in [5.41, 5.74) is 1.52. The first kappa shape index (κ1) is 11.5. The van der Waals surface area contributed by atoms with Crippen LogP contribution in [0.2, 0.25) is 0 Å². The number of allylic oxidation sites excluding steroid dienone is 3. The van der Waals surface area contributed by atoms with Gasteiger partial charge in [-0.25, -0.2) is 0 Å². The summed E-state index contributed by atoms with van der Waals surface area (Å²) in [6.45, 7) is 10.4. The summed E-state index contributed by atoms with van der Waals surface area (Å²) in [7, 11) is 0. The molecule has 0 heterocycles. The largest absolute Gasteiger partial charge is 0.103 e. The first-order valence-electron chi connectivity index (χ1n) is 5.02. The average molecular weight is 166 g/mol. The molecule has 0 aromatic rings. The van der Waals surface area contributed by atoms with Gasteiger partial charge >= 0.3 is 0 Å². The fourth-order valence-corrected chi connectivity index (χ4v) is 1.26. The van der Waals surface area contributed by atoms with E-state index in [0.717, 1.165) is 12.3 Å². The molecule has 0 spiro atoms. The van der Waals surface area contributed by atoms with Gasteiger partial charge in [-0.2, -0.15) is 0 Å². The van der Waals surface area contributed by atoms with Gasteiger partial charge in [0.05, 0.1) is 0 Å². The minimum absolute atomic E-state index is 0.767.